The number of ether oxygens (including phenoxy) is 1. The molecule has 2 heteroatoms. The molecule has 0 amide bonds. The van der Waals surface area contributed by atoms with Crippen molar-refractivity contribution in [2.75, 3.05) is 0 Å². The molecule has 0 spiro atoms. The van der Waals surface area contributed by atoms with E-state index in [9.17, 15) is 4.79 Å². The summed E-state index contributed by atoms with van der Waals surface area (Å²) in [5, 5.41) is 0. The zero-order chi connectivity index (χ0) is 6.85. The molecule has 1 aliphatic rings. The Kier molecular flexibility index (Phi) is 1.74. The van der Waals surface area contributed by atoms with E-state index in [2.05, 4.69) is 6.92 Å². The van der Waals surface area contributed by atoms with Crippen molar-refractivity contribution in [2.24, 2.45) is 5.92 Å². The molecule has 0 N–H and O–H groups in total. The minimum atomic E-state index is -0.00986. The Morgan fingerprint density at radius 1 is 1.67 bits per heavy atom. The summed E-state index contributed by atoms with van der Waals surface area (Å²) < 4.78 is 4.77. The summed E-state index contributed by atoms with van der Waals surface area (Å²) in [6, 6.07) is 0. The van der Waals surface area contributed by atoms with Gasteiger partial charge in [-0.1, -0.05) is 13.3 Å². The van der Waals surface area contributed by atoms with Gasteiger partial charge in [-0.15, -0.1) is 0 Å². The van der Waals surface area contributed by atoms with Crippen LogP contribution in [0.5, 0.6) is 0 Å². The minimum absolute atomic E-state index is 0.00986. The fraction of sp³-hybridized carbons (Fsp3) is 0.857. The van der Waals surface area contributed by atoms with Crippen LogP contribution in [0.15, 0.2) is 0 Å². The maximum atomic E-state index is 10.6. The molecule has 0 saturated carbocycles. The summed E-state index contributed by atoms with van der Waals surface area (Å²) in [5.74, 6) is 0.194. The second-order valence-corrected chi connectivity index (χ2v) is 2.54. The van der Waals surface area contributed by atoms with Crippen LogP contribution in [0.25, 0.3) is 0 Å². The van der Waals surface area contributed by atoms with Crippen LogP contribution in [0.4, 0.5) is 0 Å². The van der Waals surface area contributed by atoms with Crippen LogP contribution in [0.1, 0.15) is 26.7 Å². The summed E-state index contributed by atoms with van der Waals surface area (Å²) in [7, 11) is 0. The Hall–Kier alpha value is -0.530. The molecular weight excluding hydrogens is 116 g/mol. The summed E-state index contributed by atoms with van der Waals surface area (Å²) in [6.45, 7) is 4.03. The Labute approximate surface area is 55.2 Å². The number of esters is 1. The third-order valence-corrected chi connectivity index (χ3v) is 1.77. The van der Waals surface area contributed by atoms with Crippen molar-refractivity contribution in [3.63, 3.8) is 0 Å². The fourth-order valence-corrected chi connectivity index (χ4v) is 1.14. The second-order valence-electron chi connectivity index (χ2n) is 2.54. The molecule has 2 atom stereocenters. The van der Waals surface area contributed by atoms with Crippen molar-refractivity contribution >= 4 is 5.97 Å². The monoisotopic (exact) mass is 128 g/mol. The lowest BCUT2D eigenvalue weighted by atomic mass is 9.94. The first-order valence-electron chi connectivity index (χ1n) is 3.46. The van der Waals surface area contributed by atoms with E-state index in [1.165, 1.54) is 0 Å². The normalized spacial score (nSPS) is 33.3. The molecule has 1 aliphatic heterocycles. The fourth-order valence-electron chi connectivity index (χ4n) is 1.14. The zero-order valence-corrected chi connectivity index (χ0v) is 5.89. The van der Waals surface area contributed by atoms with Gasteiger partial charge in [0.25, 0.3) is 0 Å². The average molecular weight is 128 g/mol. The van der Waals surface area contributed by atoms with Crippen LogP contribution in [0.3, 0.4) is 0 Å². The topological polar surface area (TPSA) is 26.3 Å². The van der Waals surface area contributed by atoms with Crippen LogP contribution in [-0.4, -0.2) is 12.1 Å². The van der Waals surface area contributed by atoms with Crippen LogP contribution in [-0.2, 0) is 9.53 Å². The van der Waals surface area contributed by atoms with Gasteiger partial charge in [0.2, 0.25) is 0 Å². The predicted octanol–water partition coefficient (Wildman–Crippen LogP) is 1.35. The van der Waals surface area contributed by atoms with E-state index in [1.54, 1.807) is 0 Å². The van der Waals surface area contributed by atoms with Gasteiger partial charge in [0.1, 0.15) is 6.10 Å². The maximum absolute atomic E-state index is 10.6. The summed E-state index contributed by atoms with van der Waals surface area (Å²) in [6.07, 6.45) is 2.24. The molecule has 2 nitrogen and oxygen atoms in total. The average Bonchev–Trinajstić information content (AvgIpc) is 1.84. The minimum Gasteiger partial charge on any atom is -0.461 e. The van der Waals surface area contributed by atoms with Crippen LogP contribution >= 0.6 is 0 Å². The van der Waals surface area contributed by atoms with E-state index in [0.29, 0.717) is 0 Å². The number of carbonyl (C=O) groups excluding carboxylic acids is 1. The quantitative estimate of drug-likeness (QED) is 0.525. The lowest BCUT2D eigenvalue weighted by Gasteiger charge is -2.31. The molecule has 0 aromatic heterocycles. The molecule has 0 radical (unpaired) electrons. The number of hydrogen-bond donors (Lipinski definition) is 0. The van der Waals surface area contributed by atoms with E-state index >= 15 is 0 Å². The SMILES string of the molecule is CCC[C@H]1C(=O)O[C@H]1C. The van der Waals surface area contributed by atoms with Gasteiger partial charge in [0, 0.05) is 0 Å². The summed E-state index contributed by atoms with van der Waals surface area (Å²) in [4.78, 5) is 10.6. The van der Waals surface area contributed by atoms with Crippen molar-refractivity contribution in [1.82, 2.24) is 0 Å². The molecule has 0 unspecified atom stereocenters. The van der Waals surface area contributed by atoms with E-state index in [4.69, 9.17) is 4.74 Å². The Bertz CT molecular complexity index is 120. The molecule has 0 aromatic carbocycles. The van der Waals surface area contributed by atoms with Gasteiger partial charge in [-0.3, -0.25) is 4.79 Å². The number of carbonyl (C=O) groups is 1. The largest absolute Gasteiger partial charge is 0.461 e. The molecule has 52 valence electrons. The standard InChI is InChI=1S/C7H12O2/c1-3-4-6-5(2)9-7(6)8/h5-6H,3-4H2,1-2H3/t5-,6+/m0/s1. The number of rotatable bonds is 2. The van der Waals surface area contributed by atoms with E-state index in [-0.39, 0.29) is 18.0 Å². The van der Waals surface area contributed by atoms with Gasteiger partial charge in [0.05, 0.1) is 5.92 Å². The molecule has 9 heavy (non-hydrogen) atoms. The number of cyclic esters (lactones) is 1. The van der Waals surface area contributed by atoms with Crippen LogP contribution in [0, 0.1) is 5.92 Å². The molecule has 0 aliphatic carbocycles. The van der Waals surface area contributed by atoms with Crippen molar-refractivity contribution in [3.05, 3.63) is 0 Å². The Morgan fingerprint density at radius 3 is 2.56 bits per heavy atom. The molecule has 1 saturated heterocycles. The van der Waals surface area contributed by atoms with Crippen molar-refractivity contribution in [1.29, 1.82) is 0 Å². The zero-order valence-electron chi connectivity index (χ0n) is 5.89. The van der Waals surface area contributed by atoms with Gasteiger partial charge in [0.15, 0.2) is 0 Å². The highest BCUT2D eigenvalue weighted by Crippen LogP contribution is 2.25. The highest BCUT2D eigenvalue weighted by molar-refractivity contribution is 5.78. The lowest BCUT2D eigenvalue weighted by molar-refractivity contribution is -0.182. The Morgan fingerprint density at radius 2 is 2.33 bits per heavy atom. The first-order valence-corrected chi connectivity index (χ1v) is 3.46. The maximum Gasteiger partial charge on any atom is 0.312 e. The van der Waals surface area contributed by atoms with Crippen molar-refractivity contribution in [2.45, 2.75) is 32.8 Å². The molecule has 0 aromatic rings. The molecule has 1 fully saturated rings. The first-order chi connectivity index (χ1) is 4.25. The molecule has 1 heterocycles. The molecule has 1 rings (SSSR count). The van der Waals surface area contributed by atoms with Crippen molar-refractivity contribution in [3.8, 4) is 0 Å². The van der Waals surface area contributed by atoms with Gasteiger partial charge in [-0.2, -0.15) is 0 Å². The van der Waals surface area contributed by atoms with Gasteiger partial charge < -0.3 is 4.74 Å². The highest BCUT2D eigenvalue weighted by Gasteiger charge is 2.37. The summed E-state index contributed by atoms with van der Waals surface area (Å²) in [5.41, 5.74) is 0. The highest BCUT2D eigenvalue weighted by atomic mass is 16.6. The first kappa shape index (κ1) is 6.59. The number of hydrogen-bond acceptors (Lipinski definition) is 2. The van der Waals surface area contributed by atoms with E-state index in [0.717, 1.165) is 12.8 Å². The summed E-state index contributed by atoms with van der Waals surface area (Å²) >= 11 is 0. The van der Waals surface area contributed by atoms with Crippen LogP contribution < -0.4 is 0 Å². The van der Waals surface area contributed by atoms with Crippen molar-refractivity contribution < 1.29 is 9.53 Å². The van der Waals surface area contributed by atoms with E-state index < -0.39 is 0 Å². The third kappa shape index (κ3) is 1.07. The smallest absolute Gasteiger partial charge is 0.312 e. The van der Waals surface area contributed by atoms with Gasteiger partial charge >= 0.3 is 5.97 Å². The van der Waals surface area contributed by atoms with Crippen LogP contribution in [0.2, 0.25) is 0 Å². The molecular formula is C7H12O2. The third-order valence-electron chi connectivity index (χ3n) is 1.77. The van der Waals surface area contributed by atoms with Gasteiger partial charge in [-0.05, 0) is 13.3 Å². The van der Waals surface area contributed by atoms with E-state index in [1.807, 2.05) is 6.92 Å². The second kappa shape index (κ2) is 2.38. The molecule has 0 bridgehead atoms. The van der Waals surface area contributed by atoms with Gasteiger partial charge in [-0.25, -0.2) is 0 Å². The predicted molar refractivity (Wildman–Crippen MR) is 34.0 cm³/mol. The lowest BCUT2D eigenvalue weighted by Crippen LogP contribution is -2.42. The Balaban J connectivity index is 2.30.